The van der Waals surface area contributed by atoms with Gasteiger partial charge in [-0.1, -0.05) is 0 Å². The molecule has 0 aliphatic carbocycles. The topological polar surface area (TPSA) is 57.2 Å². The van der Waals surface area contributed by atoms with Gasteiger partial charge >= 0.3 is 0 Å². The van der Waals surface area contributed by atoms with E-state index in [1.54, 1.807) is 16.8 Å². The largest absolute Gasteiger partial charge is 0.398 e. The molecule has 2 heterocycles. The highest BCUT2D eigenvalue weighted by molar-refractivity contribution is 5.33. The maximum Gasteiger partial charge on any atom is 0.250 e. The zero-order valence-electron chi connectivity index (χ0n) is 7.98. The molecular weight excluding hydrogens is 180 g/mol. The van der Waals surface area contributed by atoms with Gasteiger partial charge in [0.15, 0.2) is 0 Å². The van der Waals surface area contributed by atoms with Crippen LogP contribution < -0.4 is 11.3 Å². The maximum absolute atomic E-state index is 11.5. The number of aromatic nitrogens is 1. The minimum atomic E-state index is 0.0195. The Labute approximate surface area is 82.3 Å². The molecule has 0 saturated carbocycles. The molecule has 0 amide bonds. The van der Waals surface area contributed by atoms with Crippen LogP contribution in [0.4, 0.5) is 5.69 Å². The van der Waals surface area contributed by atoms with Gasteiger partial charge in [-0.3, -0.25) is 4.79 Å². The molecule has 0 unspecified atom stereocenters. The van der Waals surface area contributed by atoms with Crippen molar-refractivity contribution in [3.8, 4) is 0 Å². The third-order valence-electron chi connectivity index (χ3n) is 2.55. The van der Waals surface area contributed by atoms with E-state index in [9.17, 15) is 4.79 Å². The Morgan fingerprint density at radius 2 is 2.07 bits per heavy atom. The fraction of sp³-hybridized carbons (Fsp3) is 0.500. The van der Waals surface area contributed by atoms with Gasteiger partial charge in [-0.15, -0.1) is 0 Å². The second-order valence-corrected chi connectivity index (χ2v) is 3.55. The average Bonchev–Trinajstić information content (AvgIpc) is 2.23. The van der Waals surface area contributed by atoms with Crippen molar-refractivity contribution in [1.82, 2.24) is 4.57 Å². The number of nitrogens with two attached hydrogens (primary N) is 1. The molecule has 4 nitrogen and oxygen atoms in total. The fourth-order valence-electron chi connectivity index (χ4n) is 1.77. The van der Waals surface area contributed by atoms with E-state index in [0.29, 0.717) is 5.69 Å². The molecule has 1 aliphatic heterocycles. The summed E-state index contributed by atoms with van der Waals surface area (Å²) >= 11 is 0. The third-order valence-corrected chi connectivity index (χ3v) is 2.55. The number of pyridine rings is 1. The van der Waals surface area contributed by atoms with Crippen LogP contribution in [0.25, 0.3) is 0 Å². The van der Waals surface area contributed by atoms with E-state index in [2.05, 4.69) is 0 Å². The van der Waals surface area contributed by atoms with Crippen molar-refractivity contribution in [3.05, 3.63) is 28.7 Å². The van der Waals surface area contributed by atoms with Crippen LogP contribution in [0.5, 0.6) is 0 Å². The highest BCUT2D eigenvalue weighted by atomic mass is 16.5. The molecule has 1 aromatic rings. The van der Waals surface area contributed by atoms with Crippen LogP contribution in [0.15, 0.2) is 23.1 Å². The molecule has 1 aliphatic rings. The summed E-state index contributed by atoms with van der Waals surface area (Å²) in [6, 6.07) is 3.41. The van der Waals surface area contributed by atoms with E-state index in [0.717, 1.165) is 26.1 Å². The highest BCUT2D eigenvalue weighted by Crippen LogP contribution is 2.19. The van der Waals surface area contributed by atoms with Gasteiger partial charge < -0.3 is 15.0 Å². The summed E-state index contributed by atoms with van der Waals surface area (Å²) in [5.41, 5.74) is 6.30. The van der Waals surface area contributed by atoms with Gasteiger partial charge in [-0.05, 0) is 18.9 Å². The van der Waals surface area contributed by atoms with Crippen LogP contribution in [-0.2, 0) is 4.74 Å². The lowest BCUT2D eigenvalue weighted by Crippen LogP contribution is -2.28. The predicted molar refractivity (Wildman–Crippen MR) is 54.2 cm³/mol. The number of ether oxygens (including phenoxy) is 1. The number of rotatable bonds is 1. The van der Waals surface area contributed by atoms with Crippen molar-refractivity contribution in [2.45, 2.75) is 18.9 Å². The summed E-state index contributed by atoms with van der Waals surface area (Å²) < 4.78 is 6.96. The zero-order valence-corrected chi connectivity index (χ0v) is 7.98. The molecule has 14 heavy (non-hydrogen) atoms. The van der Waals surface area contributed by atoms with Crippen LogP contribution in [0.3, 0.4) is 0 Å². The molecule has 0 atom stereocenters. The Balaban J connectivity index is 2.29. The average molecular weight is 194 g/mol. The summed E-state index contributed by atoms with van der Waals surface area (Å²) in [6.45, 7) is 1.46. The lowest BCUT2D eigenvalue weighted by molar-refractivity contribution is 0.0687. The van der Waals surface area contributed by atoms with E-state index in [1.165, 1.54) is 6.07 Å². The molecular formula is C10H14N2O2. The molecule has 2 N–H and O–H groups in total. The van der Waals surface area contributed by atoms with Crippen molar-refractivity contribution in [1.29, 1.82) is 0 Å². The first-order valence-corrected chi connectivity index (χ1v) is 4.83. The van der Waals surface area contributed by atoms with Gasteiger partial charge in [0.2, 0.25) is 0 Å². The number of hydrogen-bond donors (Lipinski definition) is 1. The minimum absolute atomic E-state index is 0.0195. The maximum atomic E-state index is 11.5. The predicted octanol–water partition coefficient (Wildman–Crippen LogP) is 0.782. The summed E-state index contributed by atoms with van der Waals surface area (Å²) in [4.78, 5) is 11.5. The summed E-state index contributed by atoms with van der Waals surface area (Å²) in [6.07, 6.45) is 3.50. The number of nitrogens with zero attached hydrogens (tertiary/aromatic N) is 1. The molecule has 2 rings (SSSR count). The number of anilines is 1. The second-order valence-electron chi connectivity index (χ2n) is 3.55. The Hall–Kier alpha value is -1.29. The van der Waals surface area contributed by atoms with Crippen LogP contribution in [-0.4, -0.2) is 17.8 Å². The Morgan fingerprint density at radius 3 is 2.79 bits per heavy atom. The monoisotopic (exact) mass is 194 g/mol. The SMILES string of the molecule is Nc1ccc(=O)n(C2CCOCC2)c1. The van der Waals surface area contributed by atoms with Crippen LogP contribution >= 0.6 is 0 Å². The highest BCUT2D eigenvalue weighted by Gasteiger charge is 2.16. The van der Waals surface area contributed by atoms with E-state index in [-0.39, 0.29) is 11.6 Å². The lowest BCUT2D eigenvalue weighted by Gasteiger charge is -2.24. The number of nitrogen functional groups attached to an aromatic ring is 1. The standard InChI is InChI=1S/C10H14N2O2/c11-8-1-2-10(13)12(7-8)9-3-5-14-6-4-9/h1-2,7,9H,3-6,11H2. The minimum Gasteiger partial charge on any atom is -0.398 e. The van der Waals surface area contributed by atoms with Crippen molar-refractivity contribution in [2.75, 3.05) is 18.9 Å². The van der Waals surface area contributed by atoms with Gasteiger partial charge in [0.05, 0.1) is 0 Å². The molecule has 0 bridgehead atoms. The van der Waals surface area contributed by atoms with E-state index in [1.807, 2.05) is 0 Å². The molecule has 76 valence electrons. The first-order valence-electron chi connectivity index (χ1n) is 4.83. The Morgan fingerprint density at radius 1 is 1.36 bits per heavy atom. The first kappa shape index (κ1) is 9.27. The summed E-state index contributed by atoms with van der Waals surface area (Å²) in [5, 5.41) is 0. The van der Waals surface area contributed by atoms with Crippen molar-refractivity contribution < 1.29 is 4.74 Å². The lowest BCUT2D eigenvalue weighted by atomic mass is 10.1. The van der Waals surface area contributed by atoms with Crippen molar-refractivity contribution in [2.24, 2.45) is 0 Å². The molecule has 0 radical (unpaired) electrons. The van der Waals surface area contributed by atoms with E-state index < -0.39 is 0 Å². The van der Waals surface area contributed by atoms with E-state index >= 15 is 0 Å². The fourth-order valence-corrected chi connectivity index (χ4v) is 1.77. The van der Waals surface area contributed by atoms with Gasteiger partial charge in [-0.2, -0.15) is 0 Å². The van der Waals surface area contributed by atoms with E-state index in [4.69, 9.17) is 10.5 Å². The smallest absolute Gasteiger partial charge is 0.250 e. The van der Waals surface area contributed by atoms with Gasteiger partial charge in [0, 0.05) is 37.2 Å². The molecule has 4 heteroatoms. The molecule has 1 saturated heterocycles. The molecule has 1 aromatic heterocycles. The molecule has 1 fully saturated rings. The van der Waals surface area contributed by atoms with Crippen LogP contribution in [0.2, 0.25) is 0 Å². The Bertz CT molecular complexity index is 367. The number of hydrogen-bond acceptors (Lipinski definition) is 3. The summed E-state index contributed by atoms with van der Waals surface area (Å²) in [5.74, 6) is 0. The molecule has 0 spiro atoms. The normalized spacial score (nSPS) is 18.3. The second kappa shape index (κ2) is 3.84. The van der Waals surface area contributed by atoms with Crippen LogP contribution in [0.1, 0.15) is 18.9 Å². The van der Waals surface area contributed by atoms with Gasteiger partial charge in [0.25, 0.3) is 5.56 Å². The van der Waals surface area contributed by atoms with Crippen LogP contribution in [0, 0.1) is 0 Å². The summed E-state index contributed by atoms with van der Waals surface area (Å²) in [7, 11) is 0. The zero-order chi connectivity index (χ0) is 9.97. The molecule has 0 aromatic carbocycles. The van der Waals surface area contributed by atoms with Crippen molar-refractivity contribution in [3.63, 3.8) is 0 Å². The van der Waals surface area contributed by atoms with Gasteiger partial charge in [0.1, 0.15) is 0 Å². The van der Waals surface area contributed by atoms with Crippen molar-refractivity contribution >= 4 is 5.69 Å². The third kappa shape index (κ3) is 1.80. The first-order chi connectivity index (χ1) is 6.77. The quantitative estimate of drug-likeness (QED) is 0.718. The Kier molecular flexibility index (Phi) is 2.54. The van der Waals surface area contributed by atoms with Gasteiger partial charge in [-0.25, -0.2) is 0 Å².